The van der Waals surface area contributed by atoms with Crippen LogP contribution in [0.2, 0.25) is 5.02 Å². The Hall–Kier alpha value is -4.01. The molecule has 0 aliphatic heterocycles. The van der Waals surface area contributed by atoms with Gasteiger partial charge in [0, 0.05) is 22.3 Å². The summed E-state index contributed by atoms with van der Waals surface area (Å²) in [6, 6.07) is 27.6. The molecule has 0 bridgehead atoms. The molecule has 0 unspecified atom stereocenters. The Morgan fingerprint density at radius 2 is 1.39 bits per heavy atom. The van der Waals surface area contributed by atoms with E-state index in [4.69, 9.17) is 18.5 Å². The molecule has 0 amide bonds. The normalized spacial score (nSPS) is 12.8. The summed E-state index contributed by atoms with van der Waals surface area (Å²) in [5, 5.41) is 11.3. The minimum atomic E-state index is -0.471. The Labute approximate surface area is 206 Å². The number of para-hydroxylation sites is 1. The number of anilines is 3. The molecule has 3 heteroatoms. The van der Waals surface area contributed by atoms with Gasteiger partial charge in [0.1, 0.15) is 5.75 Å². The predicted octanol–water partition coefficient (Wildman–Crippen LogP) is 8.85. The number of hydrogen-bond acceptors (Lipinski definition) is 2. The third-order valence-electron chi connectivity index (χ3n) is 5.25. The summed E-state index contributed by atoms with van der Waals surface area (Å²) in [6.07, 6.45) is 0. The molecule has 0 radical (unpaired) electrons. The van der Waals surface area contributed by atoms with E-state index in [1.54, 1.807) is 24.3 Å². The maximum atomic E-state index is 10.8. The number of benzene rings is 5. The van der Waals surface area contributed by atoms with Crippen molar-refractivity contribution in [2.45, 2.75) is 0 Å². The summed E-state index contributed by atoms with van der Waals surface area (Å²) in [5.41, 5.74) is 4.27. The summed E-state index contributed by atoms with van der Waals surface area (Å²) in [6.45, 7) is 0. The first-order valence-corrected chi connectivity index (χ1v) is 10.8. The van der Waals surface area contributed by atoms with Crippen molar-refractivity contribution in [3.63, 3.8) is 0 Å². The molecule has 1 N–H and O–H groups in total. The summed E-state index contributed by atoms with van der Waals surface area (Å²) >= 11 is 6.39. The van der Waals surface area contributed by atoms with E-state index in [0.29, 0.717) is 16.3 Å². The van der Waals surface area contributed by atoms with Gasteiger partial charge in [-0.1, -0.05) is 96.4 Å². The summed E-state index contributed by atoms with van der Waals surface area (Å²) in [7, 11) is 0. The molecule has 5 aromatic rings. The van der Waals surface area contributed by atoms with E-state index in [9.17, 15) is 5.11 Å². The van der Waals surface area contributed by atoms with Crippen molar-refractivity contribution in [2.24, 2.45) is 0 Å². The number of rotatable bonds is 5. The van der Waals surface area contributed by atoms with Crippen LogP contribution in [-0.2, 0) is 0 Å². The Balaban J connectivity index is 1.79. The van der Waals surface area contributed by atoms with Crippen molar-refractivity contribution in [3.05, 3.63) is 132 Å². The number of phenolic OH excluding ortho intramolecular Hbond substituents is 1. The van der Waals surface area contributed by atoms with E-state index in [-0.39, 0.29) is 23.4 Å². The van der Waals surface area contributed by atoms with Crippen LogP contribution in [0, 0.1) is 0 Å². The molecule has 0 spiro atoms. The van der Waals surface area contributed by atoms with Crippen molar-refractivity contribution in [1.82, 2.24) is 0 Å². The zero-order valence-electron chi connectivity index (χ0n) is 22.5. The number of phenols is 1. The van der Waals surface area contributed by atoms with Gasteiger partial charge >= 0.3 is 0 Å². The molecule has 33 heavy (non-hydrogen) atoms. The van der Waals surface area contributed by atoms with Crippen LogP contribution in [0.5, 0.6) is 5.75 Å². The number of aromatic hydroxyl groups is 1. The lowest BCUT2D eigenvalue weighted by Crippen LogP contribution is -2.11. The highest BCUT2D eigenvalue weighted by Crippen LogP contribution is 2.43. The van der Waals surface area contributed by atoms with Gasteiger partial charge in [0.2, 0.25) is 0 Å². The second kappa shape index (κ2) is 9.23. The average Bonchev–Trinajstić information content (AvgIpc) is 2.92. The topological polar surface area (TPSA) is 23.5 Å². The van der Waals surface area contributed by atoms with E-state index >= 15 is 0 Å². The van der Waals surface area contributed by atoms with E-state index in [1.807, 2.05) is 71.6 Å². The molecule has 0 saturated heterocycles. The van der Waals surface area contributed by atoms with Gasteiger partial charge in [-0.2, -0.15) is 0 Å². The molecule has 5 aromatic carbocycles. The van der Waals surface area contributed by atoms with Crippen molar-refractivity contribution in [1.29, 1.82) is 0 Å². The van der Waals surface area contributed by atoms with Crippen LogP contribution < -0.4 is 4.90 Å². The SMILES string of the molecule is [2H]c1c([2H])c([2H])c(-c2cc(O)cc(N(c3cccc(Cl)c3)c3ccccc3-c3ccccc3)c2)c([2H])c1[2H]. The smallest absolute Gasteiger partial charge is 0.118 e. The van der Waals surface area contributed by atoms with Crippen LogP contribution in [0.3, 0.4) is 0 Å². The molecule has 160 valence electrons. The fraction of sp³-hybridized carbons (Fsp3) is 0. The van der Waals surface area contributed by atoms with Crippen LogP contribution in [0.1, 0.15) is 6.85 Å². The van der Waals surface area contributed by atoms with Crippen molar-refractivity contribution in [3.8, 4) is 28.0 Å². The molecule has 2 nitrogen and oxygen atoms in total. The first-order valence-electron chi connectivity index (χ1n) is 12.9. The van der Waals surface area contributed by atoms with Crippen molar-refractivity contribution in [2.75, 3.05) is 4.90 Å². The van der Waals surface area contributed by atoms with E-state index in [1.165, 1.54) is 6.07 Å². The fourth-order valence-corrected chi connectivity index (χ4v) is 4.02. The van der Waals surface area contributed by atoms with Crippen molar-refractivity contribution >= 4 is 28.7 Å². The van der Waals surface area contributed by atoms with Crippen LogP contribution in [0.25, 0.3) is 22.3 Å². The van der Waals surface area contributed by atoms with Crippen LogP contribution in [-0.4, -0.2) is 5.11 Å². The van der Waals surface area contributed by atoms with Gasteiger partial charge < -0.3 is 10.0 Å². The molecule has 0 aliphatic carbocycles. The lowest BCUT2D eigenvalue weighted by Gasteiger charge is -2.28. The Kier molecular flexibility index (Phi) is 4.40. The summed E-state index contributed by atoms with van der Waals surface area (Å²) in [4.78, 5) is 1.92. The summed E-state index contributed by atoms with van der Waals surface area (Å²) in [5.74, 6) is -0.117. The number of nitrogens with zero attached hydrogens (tertiary/aromatic N) is 1. The van der Waals surface area contributed by atoms with Gasteiger partial charge in [-0.05, 0) is 53.1 Å². The van der Waals surface area contributed by atoms with Crippen LogP contribution in [0.4, 0.5) is 17.1 Å². The Bertz CT molecular complexity index is 1630. The standard InChI is InChI=1S/C30H22ClNO/c31-25-14-9-15-26(20-25)32(30-17-8-7-16-29(30)23-12-5-2-6-13-23)27-18-24(19-28(33)21-27)22-10-3-1-4-11-22/h1-21,33H/i1D,3D,4D,10D,11D. The minimum Gasteiger partial charge on any atom is -0.508 e. The molecular weight excluding hydrogens is 426 g/mol. The molecular formula is C30H22ClNO. The maximum absolute atomic E-state index is 10.8. The highest BCUT2D eigenvalue weighted by molar-refractivity contribution is 6.30. The van der Waals surface area contributed by atoms with E-state index < -0.39 is 18.1 Å². The first-order chi connectivity index (χ1) is 18.3. The van der Waals surface area contributed by atoms with Gasteiger partial charge in [-0.15, -0.1) is 0 Å². The first kappa shape index (κ1) is 15.7. The average molecular weight is 453 g/mol. The molecule has 0 aromatic heterocycles. The number of halogens is 1. The lowest BCUT2D eigenvalue weighted by molar-refractivity contribution is 0.476. The fourth-order valence-electron chi connectivity index (χ4n) is 3.84. The Morgan fingerprint density at radius 1 is 0.636 bits per heavy atom. The Morgan fingerprint density at radius 3 is 2.18 bits per heavy atom. The summed E-state index contributed by atoms with van der Waals surface area (Å²) < 4.78 is 41.0. The largest absolute Gasteiger partial charge is 0.508 e. The third kappa shape index (κ3) is 4.48. The quantitative estimate of drug-likeness (QED) is 0.288. The van der Waals surface area contributed by atoms with Gasteiger partial charge in [0.25, 0.3) is 0 Å². The van der Waals surface area contributed by atoms with Crippen LogP contribution in [0.15, 0.2) is 127 Å². The van der Waals surface area contributed by atoms with Gasteiger partial charge in [-0.25, -0.2) is 0 Å². The molecule has 0 atom stereocenters. The molecule has 0 heterocycles. The molecule has 0 aliphatic rings. The van der Waals surface area contributed by atoms with Gasteiger partial charge in [-0.3, -0.25) is 0 Å². The predicted molar refractivity (Wildman–Crippen MR) is 139 cm³/mol. The minimum absolute atomic E-state index is 0.00976. The highest BCUT2D eigenvalue weighted by Gasteiger charge is 2.18. The van der Waals surface area contributed by atoms with Crippen molar-refractivity contribution < 1.29 is 12.0 Å². The van der Waals surface area contributed by atoms with Crippen LogP contribution >= 0.6 is 11.6 Å². The zero-order chi connectivity index (χ0) is 27.0. The monoisotopic (exact) mass is 452 g/mol. The lowest BCUT2D eigenvalue weighted by atomic mass is 10.0. The zero-order valence-corrected chi connectivity index (χ0v) is 18.3. The second-order valence-corrected chi connectivity index (χ2v) is 7.87. The highest BCUT2D eigenvalue weighted by atomic mass is 35.5. The second-order valence-electron chi connectivity index (χ2n) is 7.44. The van der Waals surface area contributed by atoms with E-state index in [0.717, 1.165) is 22.5 Å². The molecule has 0 saturated carbocycles. The van der Waals surface area contributed by atoms with E-state index in [2.05, 4.69) is 0 Å². The van der Waals surface area contributed by atoms with Gasteiger partial charge in [0.05, 0.1) is 18.2 Å². The molecule has 0 fully saturated rings. The number of hydrogen-bond donors (Lipinski definition) is 1. The maximum Gasteiger partial charge on any atom is 0.118 e. The molecule has 5 rings (SSSR count). The van der Waals surface area contributed by atoms with Gasteiger partial charge in [0.15, 0.2) is 0 Å². The third-order valence-corrected chi connectivity index (χ3v) is 5.48.